The molecule has 0 aromatic heterocycles. The summed E-state index contributed by atoms with van der Waals surface area (Å²) in [6.45, 7) is 6.60. The zero-order valence-corrected chi connectivity index (χ0v) is 20.9. The van der Waals surface area contributed by atoms with Crippen LogP contribution in [0.15, 0.2) is 54.6 Å². The number of hydrogen-bond donors (Lipinski definition) is 2. The highest BCUT2D eigenvalue weighted by atomic mass is 16.2. The SMILES string of the molecule is CC1CCCCC12NC(=O)N(CC(=O)Nc1ccc(N3CCN(Cc4ccccc4)CC3)cc1)C2=O. The number of carbonyl (C=O) groups is 3. The average Bonchev–Trinajstić information content (AvgIpc) is 3.12. The first-order valence-electron chi connectivity index (χ1n) is 13.0. The summed E-state index contributed by atoms with van der Waals surface area (Å²) in [4.78, 5) is 44.2. The molecule has 1 spiro atoms. The topological polar surface area (TPSA) is 85.0 Å². The van der Waals surface area contributed by atoms with Crippen LogP contribution in [0.1, 0.15) is 38.2 Å². The van der Waals surface area contributed by atoms with Gasteiger partial charge in [0.15, 0.2) is 0 Å². The van der Waals surface area contributed by atoms with Gasteiger partial charge in [0, 0.05) is 44.1 Å². The molecular weight excluding hydrogens is 454 g/mol. The number of urea groups is 1. The van der Waals surface area contributed by atoms with Gasteiger partial charge in [-0.2, -0.15) is 0 Å². The molecule has 2 N–H and O–H groups in total. The minimum atomic E-state index is -0.845. The second kappa shape index (κ2) is 10.3. The first kappa shape index (κ1) is 24.3. The van der Waals surface area contributed by atoms with E-state index in [0.717, 1.165) is 62.6 Å². The Bertz CT molecular complexity index is 1100. The zero-order chi connectivity index (χ0) is 25.1. The van der Waals surface area contributed by atoms with Crippen LogP contribution in [0.2, 0.25) is 0 Å². The predicted molar refractivity (Wildman–Crippen MR) is 140 cm³/mol. The number of hydrogen-bond acceptors (Lipinski definition) is 5. The Morgan fingerprint density at radius 1 is 1.00 bits per heavy atom. The smallest absolute Gasteiger partial charge is 0.325 e. The van der Waals surface area contributed by atoms with Crippen LogP contribution in [-0.2, 0) is 16.1 Å². The Kier molecular flexibility index (Phi) is 6.96. The maximum absolute atomic E-state index is 13.1. The van der Waals surface area contributed by atoms with Gasteiger partial charge < -0.3 is 15.5 Å². The number of anilines is 2. The van der Waals surface area contributed by atoms with Crippen molar-refractivity contribution in [2.75, 3.05) is 42.9 Å². The monoisotopic (exact) mass is 489 g/mol. The fraction of sp³-hybridized carbons (Fsp3) is 0.464. The summed E-state index contributed by atoms with van der Waals surface area (Å²) in [5.41, 5.74) is 2.26. The van der Waals surface area contributed by atoms with Gasteiger partial charge in [-0.25, -0.2) is 4.79 Å². The molecule has 2 unspecified atom stereocenters. The quantitative estimate of drug-likeness (QED) is 0.608. The van der Waals surface area contributed by atoms with Crippen LogP contribution in [-0.4, -0.2) is 65.9 Å². The second-order valence-electron chi connectivity index (χ2n) is 10.3. The van der Waals surface area contributed by atoms with Gasteiger partial charge in [0.05, 0.1) is 0 Å². The maximum atomic E-state index is 13.1. The molecule has 2 aliphatic heterocycles. The number of amides is 4. The van der Waals surface area contributed by atoms with Gasteiger partial charge in [0.25, 0.3) is 5.91 Å². The standard InChI is InChI=1S/C28H35N5O3/c1-21-7-5-6-14-28(21)26(35)33(27(36)30-28)20-25(34)29-23-10-12-24(13-11-23)32-17-15-31(16-18-32)19-22-8-3-2-4-9-22/h2-4,8-13,21H,5-7,14-20H2,1H3,(H,29,34)(H,30,36). The Morgan fingerprint density at radius 2 is 1.72 bits per heavy atom. The van der Waals surface area contributed by atoms with Gasteiger partial charge in [0.2, 0.25) is 5.91 Å². The molecule has 190 valence electrons. The van der Waals surface area contributed by atoms with Crippen molar-refractivity contribution in [3.05, 3.63) is 60.2 Å². The van der Waals surface area contributed by atoms with Crippen LogP contribution >= 0.6 is 0 Å². The highest BCUT2D eigenvalue weighted by Gasteiger charge is 2.55. The van der Waals surface area contributed by atoms with Crippen molar-refractivity contribution in [3.63, 3.8) is 0 Å². The third-order valence-corrected chi connectivity index (χ3v) is 7.94. The van der Waals surface area contributed by atoms with Crippen LogP contribution < -0.4 is 15.5 Å². The Morgan fingerprint density at radius 3 is 2.42 bits per heavy atom. The molecule has 2 aromatic carbocycles. The summed E-state index contributed by atoms with van der Waals surface area (Å²) in [5, 5.41) is 5.73. The van der Waals surface area contributed by atoms with Crippen LogP contribution in [0.3, 0.4) is 0 Å². The highest BCUT2D eigenvalue weighted by molar-refractivity contribution is 6.10. The van der Waals surface area contributed by atoms with Crippen molar-refractivity contribution in [1.82, 2.24) is 15.1 Å². The largest absolute Gasteiger partial charge is 0.369 e. The molecule has 2 atom stereocenters. The van der Waals surface area contributed by atoms with E-state index in [4.69, 9.17) is 0 Å². The van der Waals surface area contributed by atoms with Crippen LogP contribution in [0.25, 0.3) is 0 Å². The third-order valence-electron chi connectivity index (χ3n) is 7.94. The molecule has 0 radical (unpaired) electrons. The molecule has 3 fully saturated rings. The van der Waals surface area contributed by atoms with E-state index in [2.05, 4.69) is 44.7 Å². The van der Waals surface area contributed by atoms with Crippen LogP contribution in [0.4, 0.5) is 16.2 Å². The van der Waals surface area contributed by atoms with Gasteiger partial charge in [-0.3, -0.25) is 19.4 Å². The van der Waals surface area contributed by atoms with Crippen molar-refractivity contribution in [2.24, 2.45) is 5.92 Å². The Balaban J connectivity index is 1.12. The Labute approximate surface area is 212 Å². The van der Waals surface area contributed by atoms with E-state index in [9.17, 15) is 14.4 Å². The first-order chi connectivity index (χ1) is 17.4. The van der Waals surface area contributed by atoms with E-state index < -0.39 is 11.6 Å². The van der Waals surface area contributed by atoms with E-state index in [1.165, 1.54) is 5.56 Å². The summed E-state index contributed by atoms with van der Waals surface area (Å²) >= 11 is 0. The molecule has 2 heterocycles. The lowest BCUT2D eigenvalue weighted by molar-refractivity contribution is -0.136. The van der Waals surface area contributed by atoms with Gasteiger partial charge in [0.1, 0.15) is 12.1 Å². The maximum Gasteiger partial charge on any atom is 0.325 e. The fourth-order valence-corrected chi connectivity index (χ4v) is 5.74. The molecule has 5 rings (SSSR count). The number of imide groups is 1. The fourth-order valence-electron chi connectivity index (χ4n) is 5.74. The third kappa shape index (κ3) is 4.95. The number of nitrogens with zero attached hydrogens (tertiary/aromatic N) is 3. The van der Waals surface area contributed by atoms with E-state index >= 15 is 0 Å². The summed E-state index contributed by atoms with van der Waals surface area (Å²) in [7, 11) is 0. The summed E-state index contributed by atoms with van der Waals surface area (Å²) in [6, 6.07) is 17.8. The molecule has 1 saturated carbocycles. The van der Waals surface area contributed by atoms with Crippen molar-refractivity contribution in [3.8, 4) is 0 Å². The van der Waals surface area contributed by atoms with E-state index in [1.54, 1.807) is 0 Å². The van der Waals surface area contributed by atoms with E-state index in [-0.39, 0.29) is 24.3 Å². The van der Waals surface area contributed by atoms with Crippen LogP contribution in [0.5, 0.6) is 0 Å². The molecule has 0 bridgehead atoms. The summed E-state index contributed by atoms with van der Waals surface area (Å²) in [6.07, 6.45) is 3.51. The zero-order valence-electron chi connectivity index (χ0n) is 20.9. The van der Waals surface area contributed by atoms with Gasteiger partial charge in [-0.05, 0) is 48.6 Å². The minimum absolute atomic E-state index is 0.0727. The Hall–Kier alpha value is -3.39. The van der Waals surface area contributed by atoms with Gasteiger partial charge in [-0.15, -0.1) is 0 Å². The lowest BCUT2D eigenvalue weighted by Crippen LogP contribution is -2.54. The molecule has 8 heteroatoms. The van der Waals surface area contributed by atoms with Crippen molar-refractivity contribution < 1.29 is 14.4 Å². The lowest BCUT2D eigenvalue weighted by atomic mass is 9.73. The van der Waals surface area contributed by atoms with Gasteiger partial charge >= 0.3 is 6.03 Å². The average molecular weight is 490 g/mol. The molecule has 36 heavy (non-hydrogen) atoms. The molecule has 1 aliphatic carbocycles. The first-order valence-corrected chi connectivity index (χ1v) is 13.0. The minimum Gasteiger partial charge on any atom is -0.369 e. The van der Waals surface area contributed by atoms with Crippen molar-refractivity contribution in [2.45, 2.75) is 44.7 Å². The molecule has 8 nitrogen and oxygen atoms in total. The summed E-state index contributed by atoms with van der Waals surface area (Å²) in [5.74, 6) is -0.568. The number of rotatable bonds is 6. The lowest BCUT2D eigenvalue weighted by Gasteiger charge is -2.36. The predicted octanol–water partition coefficient (Wildman–Crippen LogP) is 3.45. The molecule has 2 saturated heterocycles. The second-order valence-corrected chi connectivity index (χ2v) is 10.3. The number of benzene rings is 2. The normalized spacial score (nSPS) is 24.8. The number of piperazine rings is 1. The molecular formula is C28H35N5O3. The number of nitrogens with one attached hydrogen (secondary N) is 2. The summed E-state index contributed by atoms with van der Waals surface area (Å²) < 4.78 is 0. The van der Waals surface area contributed by atoms with Crippen LogP contribution in [0, 0.1) is 5.92 Å². The van der Waals surface area contributed by atoms with E-state index in [0.29, 0.717) is 12.1 Å². The van der Waals surface area contributed by atoms with Gasteiger partial charge in [-0.1, -0.05) is 50.1 Å². The van der Waals surface area contributed by atoms with Crippen molar-refractivity contribution >= 4 is 29.2 Å². The molecule has 4 amide bonds. The number of carbonyl (C=O) groups excluding carboxylic acids is 3. The van der Waals surface area contributed by atoms with Crippen molar-refractivity contribution in [1.29, 1.82) is 0 Å². The molecule has 3 aliphatic rings. The highest BCUT2D eigenvalue weighted by Crippen LogP contribution is 2.38. The molecule has 2 aromatic rings. The van der Waals surface area contributed by atoms with E-state index in [1.807, 2.05) is 37.3 Å².